The van der Waals surface area contributed by atoms with Crippen molar-refractivity contribution < 1.29 is 0 Å². The van der Waals surface area contributed by atoms with E-state index in [2.05, 4.69) is 16.4 Å². The monoisotopic (exact) mass is 247 g/mol. The molecule has 0 saturated carbocycles. The number of hydrogen-bond donors (Lipinski definition) is 1. The Bertz CT molecular complexity index is 451. The van der Waals surface area contributed by atoms with Crippen LogP contribution >= 0.6 is 11.6 Å². The van der Waals surface area contributed by atoms with Crippen LogP contribution in [0.25, 0.3) is 0 Å². The normalized spacial score (nSPS) is 35.5. The minimum Gasteiger partial charge on any atom is -0.310 e. The minimum atomic E-state index is 0.178. The Hall–Kier alpha value is -1.11. The van der Waals surface area contributed by atoms with E-state index in [0.717, 1.165) is 25.0 Å². The van der Waals surface area contributed by atoms with Crippen LogP contribution in [0.3, 0.4) is 0 Å². The fourth-order valence-corrected chi connectivity index (χ4v) is 3.23. The molecule has 3 heterocycles. The van der Waals surface area contributed by atoms with Crippen molar-refractivity contribution in [2.45, 2.75) is 37.3 Å². The van der Waals surface area contributed by atoms with Gasteiger partial charge in [-0.15, -0.1) is 0 Å². The van der Waals surface area contributed by atoms with Crippen molar-refractivity contribution in [1.82, 2.24) is 10.3 Å². The highest BCUT2D eigenvalue weighted by molar-refractivity contribution is 6.30. The van der Waals surface area contributed by atoms with Crippen LogP contribution in [0, 0.1) is 17.2 Å². The van der Waals surface area contributed by atoms with Crippen LogP contribution in [-0.2, 0) is 0 Å². The molecule has 0 spiro atoms. The summed E-state index contributed by atoms with van der Waals surface area (Å²) in [6, 6.07) is 7.16. The number of piperidine rings is 1. The Morgan fingerprint density at radius 2 is 2.24 bits per heavy atom. The fourth-order valence-electron chi connectivity index (χ4n) is 3.11. The molecule has 0 radical (unpaired) electrons. The third kappa shape index (κ3) is 2.03. The van der Waals surface area contributed by atoms with E-state index in [1.54, 1.807) is 6.20 Å². The van der Waals surface area contributed by atoms with Crippen LogP contribution in [0.1, 0.15) is 30.9 Å². The summed E-state index contributed by atoms with van der Waals surface area (Å²) in [6.07, 6.45) is 4.81. The first kappa shape index (κ1) is 11.0. The van der Waals surface area contributed by atoms with Gasteiger partial charge in [-0.2, -0.15) is 5.26 Å². The van der Waals surface area contributed by atoms with E-state index in [1.165, 1.54) is 0 Å². The molecule has 1 aromatic rings. The Morgan fingerprint density at radius 3 is 2.94 bits per heavy atom. The molecule has 3 rings (SSSR count). The topological polar surface area (TPSA) is 48.7 Å². The van der Waals surface area contributed by atoms with Crippen LogP contribution in [0.15, 0.2) is 18.3 Å². The lowest BCUT2D eigenvalue weighted by atomic mass is 9.88. The quantitative estimate of drug-likeness (QED) is 0.830. The Morgan fingerprint density at radius 1 is 1.35 bits per heavy atom. The molecule has 1 aromatic heterocycles. The van der Waals surface area contributed by atoms with Crippen LogP contribution in [0.4, 0.5) is 0 Å². The first-order chi connectivity index (χ1) is 8.26. The molecule has 4 unspecified atom stereocenters. The SMILES string of the molecule is N#CC1CC2CC(c3ccc(Cl)cn3)CC1N2. The number of nitrogens with zero attached hydrogens (tertiary/aromatic N) is 2. The van der Waals surface area contributed by atoms with Gasteiger partial charge in [0.05, 0.1) is 17.0 Å². The van der Waals surface area contributed by atoms with Gasteiger partial charge >= 0.3 is 0 Å². The third-order valence-corrected chi connectivity index (χ3v) is 4.14. The lowest BCUT2D eigenvalue weighted by Crippen LogP contribution is -2.38. The van der Waals surface area contributed by atoms with Gasteiger partial charge in [-0.1, -0.05) is 11.6 Å². The number of pyridine rings is 1. The van der Waals surface area contributed by atoms with Gasteiger partial charge in [0.25, 0.3) is 0 Å². The van der Waals surface area contributed by atoms with Gasteiger partial charge in [0, 0.05) is 29.9 Å². The van der Waals surface area contributed by atoms with Crippen molar-refractivity contribution in [3.8, 4) is 6.07 Å². The molecule has 2 fully saturated rings. The summed E-state index contributed by atoms with van der Waals surface area (Å²) in [5.74, 6) is 0.652. The number of hydrogen-bond acceptors (Lipinski definition) is 3. The lowest BCUT2D eigenvalue weighted by Gasteiger charge is -2.28. The second-order valence-corrected chi connectivity index (χ2v) is 5.45. The summed E-state index contributed by atoms with van der Waals surface area (Å²) in [4.78, 5) is 4.41. The minimum absolute atomic E-state index is 0.178. The van der Waals surface area contributed by atoms with E-state index < -0.39 is 0 Å². The van der Waals surface area contributed by atoms with E-state index in [1.807, 2.05) is 12.1 Å². The van der Waals surface area contributed by atoms with Gasteiger partial charge < -0.3 is 5.32 Å². The van der Waals surface area contributed by atoms with E-state index in [4.69, 9.17) is 16.9 Å². The number of aromatic nitrogens is 1. The van der Waals surface area contributed by atoms with Crippen molar-refractivity contribution >= 4 is 11.6 Å². The van der Waals surface area contributed by atoms with Gasteiger partial charge in [-0.05, 0) is 31.4 Å². The predicted molar refractivity (Wildman–Crippen MR) is 65.7 cm³/mol. The summed E-state index contributed by atoms with van der Waals surface area (Å²) in [7, 11) is 0. The number of rotatable bonds is 1. The molecular formula is C13H14ClN3. The molecule has 0 aliphatic carbocycles. The molecule has 1 N–H and O–H groups in total. The van der Waals surface area contributed by atoms with E-state index >= 15 is 0 Å². The highest BCUT2D eigenvalue weighted by Gasteiger charge is 2.41. The molecule has 0 amide bonds. The van der Waals surface area contributed by atoms with Crippen molar-refractivity contribution in [3.63, 3.8) is 0 Å². The van der Waals surface area contributed by atoms with Crippen molar-refractivity contribution in [1.29, 1.82) is 5.26 Å². The molecule has 2 saturated heterocycles. The summed E-state index contributed by atoms with van der Waals surface area (Å²) in [5.41, 5.74) is 1.12. The average molecular weight is 248 g/mol. The van der Waals surface area contributed by atoms with E-state index in [9.17, 15) is 0 Å². The van der Waals surface area contributed by atoms with Crippen molar-refractivity contribution in [2.75, 3.05) is 0 Å². The second-order valence-electron chi connectivity index (χ2n) is 5.01. The lowest BCUT2D eigenvalue weighted by molar-refractivity contribution is 0.350. The maximum absolute atomic E-state index is 9.08. The molecule has 2 bridgehead atoms. The molecule has 0 aromatic carbocycles. The van der Waals surface area contributed by atoms with Gasteiger partial charge in [-0.25, -0.2) is 0 Å². The zero-order valence-corrected chi connectivity index (χ0v) is 10.2. The smallest absolute Gasteiger partial charge is 0.0672 e. The maximum Gasteiger partial charge on any atom is 0.0672 e. The van der Waals surface area contributed by atoms with Crippen molar-refractivity contribution in [2.24, 2.45) is 5.92 Å². The molecule has 3 nitrogen and oxygen atoms in total. The number of nitriles is 1. The molecular weight excluding hydrogens is 234 g/mol. The van der Waals surface area contributed by atoms with Gasteiger partial charge in [0.15, 0.2) is 0 Å². The van der Waals surface area contributed by atoms with Crippen LogP contribution in [0.5, 0.6) is 0 Å². The number of fused-ring (bicyclic) bond motifs is 2. The molecule has 88 valence electrons. The number of halogens is 1. The van der Waals surface area contributed by atoms with E-state index in [-0.39, 0.29) is 5.92 Å². The maximum atomic E-state index is 9.08. The Balaban J connectivity index is 1.79. The molecule has 17 heavy (non-hydrogen) atoms. The number of nitrogens with one attached hydrogen (secondary N) is 1. The highest BCUT2D eigenvalue weighted by atomic mass is 35.5. The van der Waals surface area contributed by atoms with Crippen LogP contribution < -0.4 is 5.32 Å². The summed E-state index contributed by atoms with van der Waals surface area (Å²) in [6.45, 7) is 0. The molecule has 4 heteroatoms. The Labute approximate surface area is 106 Å². The molecule has 2 aliphatic heterocycles. The first-order valence-corrected chi connectivity index (χ1v) is 6.41. The summed E-state index contributed by atoms with van der Waals surface area (Å²) in [5, 5.41) is 13.3. The van der Waals surface area contributed by atoms with Crippen LogP contribution in [-0.4, -0.2) is 17.1 Å². The first-order valence-electron chi connectivity index (χ1n) is 6.03. The zero-order chi connectivity index (χ0) is 11.8. The van der Waals surface area contributed by atoms with Crippen LogP contribution in [0.2, 0.25) is 5.02 Å². The van der Waals surface area contributed by atoms with E-state index in [0.29, 0.717) is 23.0 Å². The standard InChI is InChI=1S/C13H14ClN3/c14-10-1-2-12(16-7-10)8-3-11-4-9(6-15)13(5-8)17-11/h1-2,7-9,11,13,17H,3-5H2. The second kappa shape index (κ2) is 4.29. The van der Waals surface area contributed by atoms with Crippen molar-refractivity contribution in [3.05, 3.63) is 29.0 Å². The predicted octanol–water partition coefficient (Wildman–Crippen LogP) is 2.48. The van der Waals surface area contributed by atoms with Gasteiger partial charge in [-0.3, -0.25) is 4.98 Å². The Kier molecular flexibility index (Phi) is 2.78. The zero-order valence-electron chi connectivity index (χ0n) is 9.44. The molecule has 2 aliphatic rings. The average Bonchev–Trinajstić information content (AvgIpc) is 2.64. The molecule has 4 atom stereocenters. The highest BCUT2D eigenvalue weighted by Crippen LogP contribution is 2.39. The summed E-state index contributed by atoms with van der Waals surface area (Å²) < 4.78 is 0. The summed E-state index contributed by atoms with van der Waals surface area (Å²) >= 11 is 5.85. The largest absolute Gasteiger partial charge is 0.310 e. The van der Waals surface area contributed by atoms with Gasteiger partial charge in [0.1, 0.15) is 0 Å². The third-order valence-electron chi connectivity index (χ3n) is 3.92. The van der Waals surface area contributed by atoms with Gasteiger partial charge in [0.2, 0.25) is 0 Å². The fraction of sp³-hybridized carbons (Fsp3) is 0.538.